The van der Waals surface area contributed by atoms with Crippen molar-refractivity contribution < 1.29 is 27.6 Å². The van der Waals surface area contributed by atoms with Gasteiger partial charge in [0.2, 0.25) is 5.91 Å². The molecule has 0 atom stereocenters. The Labute approximate surface area is 208 Å². The molecule has 3 amide bonds. The van der Waals surface area contributed by atoms with Gasteiger partial charge < -0.3 is 4.90 Å². The van der Waals surface area contributed by atoms with Crippen LogP contribution in [-0.2, 0) is 24.1 Å². The lowest BCUT2D eigenvalue weighted by molar-refractivity contribution is -0.142. The minimum absolute atomic E-state index is 0.101. The van der Waals surface area contributed by atoms with Crippen LogP contribution >= 0.6 is 11.3 Å². The fraction of sp³-hybridized carbons (Fsp3) is 0.375. The standard InChI is InChI=1S/C24H22F3N5O3S/c1-14-10-19(24(25,26)27)29-32(14)12-20(33)30-8-6-15(7-9-30)21-28-16(13-36-21)11-31-22(34)17-4-2-3-5-18(17)23(31)35/h2-5,10,13,15H,6-9,11-12H2,1H3. The molecule has 0 bridgehead atoms. The van der Waals surface area contributed by atoms with Crippen LogP contribution in [0, 0.1) is 6.92 Å². The fourth-order valence-corrected chi connectivity index (χ4v) is 5.52. The van der Waals surface area contributed by atoms with Crippen LogP contribution in [0.25, 0.3) is 0 Å². The smallest absolute Gasteiger partial charge is 0.341 e. The summed E-state index contributed by atoms with van der Waals surface area (Å²) in [6, 6.07) is 7.66. The monoisotopic (exact) mass is 517 g/mol. The van der Waals surface area contributed by atoms with E-state index in [9.17, 15) is 27.6 Å². The Balaban J connectivity index is 1.17. The summed E-state index contributed by atoms with van der Waals surface area (Å²) in [7, 11) is 0. The summed E-state index contributed by atoms with van der Waals surface area (Å²) in [4.78, 5) is 45.4. The van der Waals surface area contributed by atoms with Crippen LogP contribution in [0.4, 0.5) is 13.2 Å². The minimum Gasteiger partial charge on any atom is -0.341 e. The number of hydrogen-bond acceptors (Lipinski definition) is 6. The molecule has 1 saturated heterocycles. The van der Waals surface area contributed by atoms with Gasteiger partial charge in [-0.1, -0.05) is 12.1 Å². The number of thiazole rings is 1. The highest BCUT2D eigenvalue weighted by Crippen LogP contribution is 2.32. The van der Waals surface area contributed by atoms with Crippen molar-refractivity contribution >= 4 is 29.1 Å². The topological polar surface area (TPSA) is 88.4 Å². The molecule has 0 spiro atoms. The van der Waals surface area contributed by atoms with Crippen molar-refractivity contribution in [3.05, 3.63) is 68.9 Å². The molecule has 36 heavy (non-hydrogen) atoms. The number of piperidine rings is 1. The second kappa shape index (κ2) is 9.16. The van der Waals surface area contributed by atoms with Crippen molar-refractivity contribution in [2.24, 2.45) is 0 Å². The summed E-state index contributed by atoms with van der Waals surface area (Å²) in [5.41, 5.74) is 0.703. The van der Waals surface area contributed by atoms with Crippen LogP contribution < -0.4 is 0 Å². The molecule has 0 radical (unpaired) electrons. The van der Waals surface area contributed by atoms with E-state index in [4.69, 9.17) is 0 Å². The summed E-state index contributed by atoms with van der Waals surface area (Å²) in [5, 5.41) is 6.25. The first-order valence-corrected chi connectivity index (χ1v) is 12.3. The second-order valence-electron chi connectivity index (χ2n) is 8.90. The van der Waals surface area contributed by atoms with Crippen molar-refractivity contribution in [2.75, 3.05) is 13.1 Å². The van der Waals surface area contributed by atoms with Gasteiger partial charge in [0.25, 0.3) is 11.8 Å². The molecule has 0 aliphatic carbocycles. The Morgan fingerprint density at radius 1 is 1.11 bits per heavy atom. The zero-order chi connectivity index (χ0) is 25.6. The summed E-state index contributed by atoms with van der Waals surface area (Å²) in [6.07, 6.45) is -3.22. The molecular formula is C24H22F3N5O3S. The highest BCUT2D eigenvalue weighted by molar-refractivity contribution is 7.09. The Kier molecular flexibility index (Phi) is 6.15. The Bertz CT molecular complexity index is 1310. The van der Waals surface area contributed by atoms with E-state index in [-0.39, 0.29) is 42.4 Å². The van der Waals surface area contributed by atoms with Gasteiger partial charge >= 0.3 is 6.18 Å². The molecule has 8 nitrogen and oxygen atoms in total. The van der Waals surface area contributed by atoms with Crippen molar-refractivity contribution in [3.63, 3.8) is 0 Å². The molecule has 1 fully saturated rings. The molecule has 3 aromatic rings. The number of hydrogen-bond donors (Lipinski definition) is 0. The minimum atomic E-state index is -4.55. The van der Waals surface area contributed by atoms with E-state index in [2.05, 4.69) is 10.1 Å². The van der Waals surface area contributed by atoms with Crippen molar-refractivity contribution in [1.82, 2.24) is 24.6 Å². The van der Waals surface area contributed by atoms with E-state index >= 15 is 0 Å². The number of rotatable bonds is 5. The van der Waals surface area contributed by atoms with Crippen LogP contribution in [0.15, 0.2) is 35.7 Å². The first kappa shape index (κ1) is 24.2. The van der Waals surface area contributed by atoms with Gasteiger partial charge in [-0.3, -0.25) is 24.0 Å². The molecule has 2 aliphatic heterocycles. The molecule has 5 rings (SSSR count). The largest absolute Gasteiger partial charge is 0.435 e. The maximum absolute atomic E-state index is 12.9. The van der Waals surface area contributed by atoms with Gasteiger partial charge in [-0.25, -0.2) is 4.98 Å². The average Bonchev–Trinajstić information content (AvgIpc) is 3.54. The Morgan fingerprint density at radius 2 is 1.75 bits per heavy atom. The molecule has 0 unspecified atom stereocenters. The van der Waals surface area contributed by atoms with Gasteiger partial charge in [0.15, 0.2) is 5.69 Å². The number of amides is 3. The van der Waals surface area contributed by atoms with E-state index in [0.29, 0.717) is 42.8 Å². The lowest BCUT2D eigenvalue weighted by atomic mass is 9.97. The van der Waals surface area contributed by atoms with Crippen LogP contribution in [-0.4, -0.2) is 55.4 Å². The van der Waals surface area contributed by atoms with Gasteiger partial charge in [0.1, 0.15) is 6.54 Å². The number of benzene rings is 1. The zero-order valence-corrected chi connectivity index (χ0v) is 20.1. The van der Waals surface area contributed by atoms with Crippen LogP contribution in [0.2, 0.25) is 0 Å². The zero-order valence-electron chi connectivity index (χ0n) is 19.3. The molecule has 2 aliphatic rings. The first-order valence-electron chi connectivity index (χ1n) is 11.4. The van der Waals surface area contributed by atoms with Crippen LogP contribution in [0.5, 0.6) is 0 Å². The molecule has 4 heterocycles. The number of fused-ring (bicyclic) bond motifs is 1. The number of aryl methyl sites for hydroxylation is 1. The van der Waals surface area contributed by atoms with E-state index in [1.807, 2.05) is 5.38 Å². The van der Waals surface area contributed by atoms with Gasteiger partial charge in [-0.2, -0.15) is 18.3 Å². The highest BCUT2D eigenvalue weighted by Gasteiger charge is 2.36. The molecule has 2 aromatic heterocycles. The van der Waals surface area contributed by atoms with Gasteiger partial charge in [0, 0.05) is 30.1 Å². The predicted molar refractivity (Wildman–Crippen MR) is 123 cm³/mol. The molecular weight excluding hydrogens is 495 g/mol. The third-order valence-electron chi connectivity index (χ3n) is 6.52. The molecule has 0 saturated carbocycles. The van der Waals surface area contributed by atoms with E-state index in [1.54, 1.807) is 29.2 Å². The predicted octanol–water partition coefficient (Wildman–Crippen LogP) is 3.87. The lowest BCUT2D eigenvalue weighted by Crippen LogP contribution is -2.40. The number of halogens is 3. The summed E-state index contributed by atoms with van der Waals surface area (Å²) in [5.74, 6) is -0.810. The van der Waals surface area contributed by atoms with E-state index in [0.717, 1.165) is 15.8 Å². The summed E-state index contributed by atoms with van der Waals surface area (Å²) >= 11 is 1.46. The number of imide groups is 1. The average molecular weight is 518 g/mol. The van der Waals surface area contributed by atoms with Gasteiger partial charge in [-0.05, 0) is 38.0 Å². The summed E-state index contributed by atoms with van der Waals surface area (Å²) < 4.78 is 39.7. The van der Waals surface area contributed by atoms with Crippen LogP contribution in [0.1, 0.15) is 61.6 Å². The van der Waals surface area contributed by atoms with Gasteiger partial charge in [0.05, 0.1) is 28.4 Å². The fourth-order valence-electron chi connectivity index (χ4n) is 4.54. The highest BCUT2D eigenvalue weighted by atomic mass is 32.1. The number of nitrogens with zero attached hydrogens (tertiary/aromatic N) is 5. The van der Waals surface area contributed by atoms with Crippen molar-refractivity contribution in [3.8, 4) is 0 Å². The van der Waals surface area contributed by atoms with E-state index < -0.39 is 11.9 Å². The second-order valence-corrected chi connectivity index (χ2v) is 9.79. The number of likely N-dealkylation sites (tertiary alicyclic amines) is 1. The maximum atomic E-state index is 12.9. The maximum Gasteiger partial charge on any atom is 0.435 e. The molecule has 12 heteroatoms. The molecule has 0 N–H and O–H groups in total. The first-order chi connectivity index (χ1) is 17.1. The van der Waals surface area contributed by atoms with Crippen molar-refractivity contribution in [1.29, 1.82) is 0 Å². The Hall–Kier alpha value is -3.54. The van der Waals surface area contributed by atoms with Gasteiger partial charge in [-0.15, -0.1) is 11.3 Å². The third-order valence-corrected chi connectivity index (χ3v) is 7.58. The Morgan fingerprint density at radius 3 is 2.33 bits per heavy atom. The molecule has 188 valence electrons. The number of aromatic nitrogens is 3. The number of alkyl halides is 3. The third kappa shape index (κ3) is 4.52. The normalized spacial score (nSPS) is 16.7. The number of carbonyl (C=O) groups excluding carboxylic acids is 3. The summed E-state index contributed by atoms with van der Waals surface area (Å²) in [6.45, 7) is 2.27. The SMILES string of the molecule is Cc1cc(C(F)(F)F)nn1CC(=O)N1CCC(c2nc(CN3C(=O)c4ccccc4C3=O)cs2)CC1. The van der Waals surface area contributed by atoms with E-state index in [1.165, 1.54) is 23.2 Å². The quantitative estimate of drug-likeness (QED) is 0.480. The lowest BCUT2D eigenvalue weighted by Gasteiger charge is -2.31. The number of carbonyl (C=O) groups is 3. The molecule has 1 aromatic carbocycles. The van der Waals surface area contributed by atoms with Crippen LogP contribution in [0.3, 0.4) is 0 Å². The van der Waals surface area contributed by atoms with Crippen molar-refractivity contribution in [2.45, 2.75) is 44.9 Å².